The molecule has 61 heavy (non-hydrogen) atoms. The van der Waals surface area contributed by atoms with Crippen LogP contribution in [0.4, 0.5) is 13.2 Å². The van der Waals surface area contributed by atoms with E-state index in [4.69, 9.17) is 0 Å². The third-order valence-electron chi connectivity index (χ3n) is 12.6. The maximum atomic E-state index is 14.7. The van der Waals surface area contributed by atoms with Crippen LogP contribution in [-0.4, -0.2) is 0 Å². The van der Waals surface area contributed by atoms with Gasteiger partial charge in [-0.05, 0) is 169 Å². The highest BCUT2D eigenvalue weighted by molar-refractivity contribution is 6.25. The lowest BCUT2D eigenvalue weighted by atomic mass is 9.82. The highest BCUT2D eigenvalue weighted by atomic mass is 19.2. The maximum absolute atomic E-state index is 14.7. The molecule has 0 radical (unpaired) electrons. The first-order chi connectivity index (χ1) is 29.6. The van der Waals surface area contributed by atoms with Gasteiger partial charge in [-0.1, -0.05) is 154 Å². The van der Waals surface area contributed by atoms with Crippen LogP contribution >= 0.6 is 0 Å². The molecule has 0 heterocycles. The Bertz CT molecular complexity index is 3570. The minimum atomic E-state index is -1.47. The molecule has 0 aromatic heterocycles. The van der Waals surface area contributed by atoms with Gasteiger partial charge in [0.15, 0.2) is 17.5 Å². The first-order valence-electron chi connectivity index (χ1n) is 20.7. The van der Waals surface area contributed by atoms with Crippen LogP contribution in [0.15, 0.2) is 182 Å². The third kappa shape index (κ3) is 6.06. The molecule has 0 bridgehead atoms. The molecule has 292 valence electrons. The number of hydrogen-bond donors (Lipinski definition) is 0. The summed E-state index contributed by atoms with van der Waals surface area (Å²) in [5.74, 6) is -3.91. The van der Waals surface area contributed by atoms with Crippen molar-refractivity contribution in [2.45, 2.75) is 26.2 Å². The molecule has 0 fully saturated rings. The van der Waals surface area contributed by atoms with Crippen molar-refractivity contribution in [2.24, 2.45) is 0 Å². The summed E-state index contributed by atoms with van der Waals surface area (Å²) in [7, 11) is 0. The Kier molecular flexibility index (Phi) is 8.41. The van der Waals surface area contributed by atoms with Gasteiger partial charge in [0, 0.05) is 0 Å². The van der Waals surface area contributed by atoms with E-state index in [0.717, 1.165) is 94.0 Å². The van der Waals surface area contributed by atoms with E-state index < -0.39 is 17.5 Å². The fourth-order valence-corrected chi connectivity index (χ4v) is 9.51. The van der Waals surface area contributed by atoms with Gasteiger partial charge in [-0.25, -0.2) is 13.2 Å². The molecular weight excluding hydrogens is 754 g/mol. The Morgan fingerprint density at radius 3 is 1.41 bits per heavy atom. The van der Waals surface area contributed by atoms with E-state index in [0.29, 0.717) is 5.56 Å². The lowest BCUT2D eigenvalue weighted by Crippen LogP contribution is -2.10. The predicted molar refractivity (Wildman–Crippen MR) is 252 cm³/mol. The van der Waals surface area contributed by atoms with Crippen LogP contribution in [0.25, 0.3) is 109 Å². The van der Waals surface area contributed by atoms with Crippen LogP contribution in [0, 0.1) is 17.5 Å². The van der Waals surface area contributed by atoms with E-state index in [2.05, 4.69) is 178 Å². The van der Waals surface area contributed by atoms with Gasteiger partial charge in [-0.3, -0.25) is 0 Å². The molecule has 0 aliphatic heterocycles. The largest absolute Gasteiger partial charge is 0.204 e. The third-order valence-corrected chi connectivity index (χ3v) is 12.6. The summed E-state index contributed by atoms with van der Waals surface area (Å²) in [5, 5.41) is 13.3. The zero-order valence-electron chi connectivity index (χ0n) is 34.0. The van der Waals surface area contributed by atoms with Crippen molar-refractivity contribution < 1.29 is 13.2 Å². The molecule has 0 nitrogen and oxygen atoms in total. The van der Waals surface area contributed by atoms with Gasteiger partial charge >= 0.3 is 0 Å². The molecule has 0 aliphatic rings. The Morgan fingerprint density at radius 2 is 0.803 bits per heavy atom. The molecule has 0 saturated carbocycles. The highest BCUT2D eigenvalue weighted by Crippen LogP contribution is 2.48. The van der Waals surface area contributed by atoms with Gasteiger partial charge in [0.2, 0.25) is 0 Å². The quantitative estimate of drug-likeness (QED) is 0.0946. The summed E-state index contributed by atoms with van der Waals surface area (Å²) >= 11 is 0. The van der Waals surface area contributed by atoms with Crippen molar-refractivity contribution in [3.63, 3.8) is 0 Å². The van der Waals surface area contributed by atoms with E-state index >= 15 is 0 Å². The Labute approximate surface area is 352 Å². The van der Waals surface area contributed by atoms with Gasteiger partial charge in [-0.15, -0.1) is 0 Å². The topological polar surface area (TPSA) is 0 Å². The van der Waals surface area contributed by atoms with Crippen molar-refractivity contribution in [1.82, 2.24) is 0 Å². The minimum Gasteiger partial charge on any atom is -0.204 e. The highest BCUT2D eigenvalue weighted by Gasteiger charge is 2.22. The van der Waals surface area contributed by atoms with E-state index in [9.17, 15) is 13.2 Å². The maximum Gasteiger partial charge on any atom is 0.194 e. The molecule has 0 atom stereocenters. The van der Waals surface area contributed by atoms with E-state index in [1.165, 1.54) is 21.7 Å². The summed E-state index contributed by atoms with van der Waals surface area (Å²) in [6.07, 6.45) is 0. The zero-order valence-corrected chi connectivity index (χ0v) is 34.0. The molecule has 0 N–H and O–H groups in total. The first kappa shape index (κ1) is 36.8. The fraction of sp³-hybridized carbons (Fsp3) is 0.0690. The number of hydrogen-bond acceptors (Lipinski definition) is 0. The van der Waals surface area contributed by atoms with Crippen molar-refractivity contribution in [3.05, 3.63) is 205 Å². The molecule has 11 aromatic rings. The molecule has 11 aromatic carbocycles. The number of rotatable bonds is 4. The van der Waals surface area contributed by atoms with Gasteiger partial charge in [0.25, 0.3) is 0 Å². The average molecular weight is 793 g/mol. The number of fused-ring (bicyclic) bond motifs is 8. The Morgan fingerprint density at radius 1 is 0.311 bits per heavy atom. The summed E-state index contributed by atoms with van der Waals surface area (Å²) in [6.45, 7) is 6.71. The van der Waals surface area contributed by atoms with Gasteiger partial charge in [0.1, 0.15) is 0 Å². The van der Waals surface area contributed by atoms with Crippen molar-refractivity contribution in [1.29, 1.82) is 0 Å². The SMILES string of the molecule is CC(C)(C)c1ccc(-c2cc(-c3cc4ccccc4c4ccccc34)c3cc4cc(-c5cc(F)c(F)c(F)c5)ccc4c(-c4cc5ccccc5c5ccccc45)c3c2)cc1. The van der Waals surface area contributed by atoms with Crippen LogP contribution in [-0.2, 0) is 5.41 Å². The van der Waals surface area contributed by atoms with E-state index in [-0.39, 0.29) is 11.0 Å². The van der Waals surface area contributed by atoms with Gasteiger partial charge in [-0.2, -0.15) is 0 Å². The summed E-state index contributed by atoms with van der Waals surface area (Å²) in [4.78, 5) is 0. The normalized spacial score (nSPS) is 12.1. The Hall–Kier alpha value is -7.23. The minimum absolute atomic E-state index is 0.00458. The van der Waals surface area contributed by atoms with Crippen LogP contribution < -0.4 is 0 Å². The number of halogens is 3. The van der Waals surface area contributed by atoms with Crippen molar-refractivity contribution >= 4 is 64.6 Å². The lowest BCUT2D eigenvalue weighted by molar-refractivity contribution is 0.448. The van der Waals surface area contributed by atoms with Crippen molar-refractivity contribution in [2.75, 3.05) is 0 Å². The van der Waals surface area contributed by atoms with Crippen LogP contribution in [0.1, 0.15) is 26.3 Å². The predicted octanol–water partition coefficient (Wildman–Crippen LogP) is 17.0. The van der Waals surface area contributed by atoms with Crippen molar-refractivity contribution in [3.8, 4) is 44.5 Å². The first-order valence-corrected chi connectivity index (χ1v) is 20.7. The van der Waals surface area contributed by atoms with Crippen LogP contribution in [0.2, 0.25) is 0 Å². The summed E-state index contributed by atoms with van der Waals surface area (Å²) < 4.78 is 43.7. The lowest BCUT2D eigenvalue weighted by Gasteiger charge is -2.21. The second-order valence-electron chi connectivity index (χ2n) is 17.3. The van der Waals surface area contributed by atoms with Crippen LogP contribution in [0.3, 0.4) is 0 Å². The molecule has 11 rings (SSSR count). The zero-order chi connectivity index (χ0) is 41.6. The molecule has 0 unspecified atom stereocenters. The smallest absolute Gasteiger partial charge is 0.194 e. The molecule has 0 saturated heterocycles. The molecular formula is C58H39F3. The number of benzene rings is 11. The monoisotopic (exact) mass is 792 g/mol. The summed E-state index contributed by atoms with van der Waals surface area (Å²) in [6, 6.07) is 62.8. The fourth-order valence-electron chi connectivity index (χ4n) is 9.51. The average Bonchev–Trinajstić information content (AvgIpc) is 3.28. The molecule has 0 amide bonds. The van der Waals surface area contributed by atoms with Gasteiger partial charge in [0.05, 0.1) is 0 Å². The van der Waals surface area contributed by atoms with E-state index in [1.807, 2.05) is 12.1 Å². The van der Waals surface area contributed by atoms with Crippen LogP contribution in [0.5, 0.6) is 0 Å². The second-order valence-corrected chi connectivity index (χ2v) is 17.3. The molecule has 3 heteroatoms. The second kappa shape index (κ2) is 13.9. The standard InChI is InChI=1S/C58H39F3/c1-58(2,3)41-23-20-34(21-24-41)38-29-50(49-27-36-12-4-6-14-42(36)45-16-8-10-18-47(45)49)51-31-40-26-35(39-32-54(59)57(61)55(60)33-39)22-25-44(40)56(53(51)30-38)52-28-37-13-5-7-15-43(37)46-17-9-11-19-48(46)52/h4-33H,1-3H3. The summed E-state index contributed by atoms with van der Waals surface area (Å²) in [5.41, 5.74) is 8.69. The molecule has 0 spiro atoms. The molecule has 0 aliphatic carbocycles. The van der Waals surface area contributed by atoms with Gasteiger partial charge < -0.3 is 0 Å². The Balaban J connectivity index is 1.32. The van der Waals surface area contributed by atoms with E-state index in [1.54, 1.807) is 0 Å².